The molecule has 1 saturated heterocycles. The number of aromatic nitrogens is 3. The first-order valence-corrected chi connectivity index (χ1v) is 13.6. The summed E-state index contributed by atoms with van der Waals surface area (Å²) in [7, 11) is -4.74. The molecule has 3 aromatic rings. The van der Waals surface area contributed by atoms with E-state index in [2.05, 4.69) is 34.9 Å². The highest BCUT2D eigenvalue weighted by atomic mass is 32.3. The highest BCUT2D eigenvalue weighted by molar-refractivity contribution is 8.24. The van der Waals surface area contributed by atoms with Crippen molar-refractivity contribution >= 4 is 31.6 Å². The average molecular weight is 465 g/mol. The summed E-state index contributed by atoms with van der Waals surface area (Å²) in [6.07, 6.45) is 3.97. The van der Waals surface area contributed by atoms with Crippen LogP contribution in [0.5, 0.6) is 0 Å². The normalized spacial score (nSPS) is 18.7. The zero-order valence-electron chi connectivity index (χ0n) is 17.8. The fourth-order valence-corrected chi connectivity index (χ4v) is 6.76. The molecule has 0 unspecified atom stereocenters. The largest absolute Gasteiger partial charge is 0.343 e. The summed E-state index contributed by atoms with van der Waals surface area (Å²) in [4.78, 5) is 12.3. The van der Waals surface area contributed by atoms with Gasteiger partial charge in [0.2, 0.25) is 10.0 Å². The zero-order chi connectivity index (χ0) is 22.4. The smallest absolute Gasteiger partial charge is 0.244 e. The van der Waals surface area contributed by atoms with Gasteiger partial charge in [0.15, 0.2) is 0 Å². The minimum absolute atomic E-state index is 0.123. The number of aromatic amines is 1. The van der Waals surface area contributed by atoms with Crippen molar-refractivity contribution in [2.45, 2.75) is 43.5 Å². The summed E-state index contributed by atoms with van der Waals surface area (Å²) in [6, 6.07) is 6.99. The van der Waals surface area contributed by atoms with Gasteiger partial charge in [0.1, 0.15) is 10.5 Å². The Bertz CT molecular complexity index is 1180. The van der Waals surface area contributed by atoms with Crippen LogP contribution in [-0.4, -0.2) is 61.4 Å². The highest BCUT2D eigenvalue weighted by Crippen LogP contribution is 2.45. The standard InChI is InChI=1S/C21H28N4O4S2/c1-14(2)20-12-18-17(6-9-22-21(18)24-20)19-5-4-16(13-23-19)31(28,29)25(3)15-7-10-30(26,27)11-8-15/h4-6,9,12-15,26-27H,7-8,10-11H2,1-3H3,(H,22,24). The van der Waals surface area contributed by atoms with Gasteiger partial charge in [-0.25, -0.2) is 13.4 Å². The van der Waals surface area contributed by atoms with E-state index < -0.39 is 20.6 Å². The summed E-state index contributed by atoms with van der Waals surface area (Å²) in [5.41, 5.74) is 3.43. The first kappa shape index (κ1) is 22.2. The summed E-state index contributed by atoms with van der Waals surface area (Å²) >= 11 is 0. The van der Waals surface area contributed by atoms with Crippen LogP contribution in [0.15, 0.2) is 41.6 Å². The number of hydrogen-bond donors (Lipinski definition) is 3. The van der Waals surface area contributed by atoms with Crippen LogP contribution in [0.25, 0.3) is 22.3 Å². The van der Waals surface area contributed by atoms with Gasteiger partial charge in [-0.3, -0.25) is 14.1 Å². The van der Waals surface area contributed by atoms with Gasteiger partial charge < -0.3 is 4.98 Å². The van der Waals surface area contributed by atoms with Crippen molar-refractivity contribution in [2.24, 2.45) is 0 Å². The molecule has 3 N–H and O–H groups in total. The van der Waals surface area contributed by atoms with E-state index in [-0.39, 0.29) is 22.4 Å². The predicted molar refractivity (Wildman–Crippen MR) is 124 cm³/mol. The third-order valence-corrected chi connectivity index (χ3v) is 9.61. The molecule has 168 valence electrons. The Kier molecular flexibility index (Phi) is 5.86. The van der Waals surface area contributed by atoms with E-state index in [0.717, 1.165) is 22.3 Å². The van der Waals surface area contributed by atoms with Crippen molar-refractivity contribution in [3.05, 3.63) is 42.4 Å². The third-order valence-electron chi connectivity index (χ3n) is 5.93. The molecule has 31 heavy (non-hydrogen) atoms. The summed E-state index contributed by atoms with van der Waals surface area (Å²) in [5.74, 6) is 0.810. The molecule has 0 atom stereocenters. The number of nitrogens with one attached hydrogen (secondary N) is 1. The van der Waals surface area contributed by atoms with Crippen LogP contribution in [0, 0.1) is 0 Å². The van der Waals surface area contributed by atoms with Crippen molar-refractivity contribution < 1.29 is 17.5 Å². The Morgan fingerprint density at radius 2 is 1.87 bits per heavy atom. The van der Waals surface area contributed by atoms with Crippen molar-refractivity contribution in [2.75, 3.05) is 18.6 Å². The molecule has 0 aromatic carbocycles. The van der Waals surface area contributed by atoms with Gasteiger partial charge in [-0.05, 0) is 43.0 Å². The fourth-order valence-electron chi connectivity index (χ4n) is 3.90. The lowest BCUT2D eigenvalue weighted by Gasteiger charge is -2.41. The minimum Gasteiger partial charge on any atom is -0.343 e. The number of pyridine rings is 2. The van der Waals surface area contributed by atoms with Crippen LogP contribution >= 0.6 is 10.6 Å². The summed E-state index contributed by atoms with van der Waals surface area (Å²) < 4.78 is 47.1. The SMILES string of the molecule is CC(C)c1cc2c(-c3ccc(S(=O)(=O)N(C)C4CCS(O)(O)CC4)cn3)ccnc2[nH]1. The first-order valence-electron chi connectivity index (χ1n) is 10.2. The van der Waals surface area contributed by atoms with Gasteiger partial charge in [-0.2, -0.15) is 14.9 Å². The molecule has 0 amide bonds. The second-order valence-corrected chi connectivity index (χ2v) is 12.8. The Labute approximate surface area is 184 Å². The van der Waals surface area contributed by atoms with E-state index in [9.17, 15) is 17.5 Å². The Morgan fingerprint density at radius 1 is 1.16 bits per heavy atom. The van der Waals surface area contributed by atoms with Crippen LogP contribution in [0.3, 0.4) is 0 Å². The molecule has 3 aromatic heterocycles. The van der Waals surface area contributed by atoms with Crippen molar-refractivity contribution in [1.29, 1.82) is 0 Å². The van der Waals surface area contributed by atoms with E-state index in [1.165, 1.54) is 10.5 Å². The van der Waals surface area contributed by atoms with E-state index in [1.807, 2.05) is 6.07 Å². The second kappa shape index (κ2) is 8.18. The summed E-state index contributed by atoms with van der Waals surface area (Å²) in [5, 5.41) is 0.952. The minimum atomic E-state index is -3.73. The molecule has 0 bridgehead atoms. The average Bonchev–Trinajstić information content (AvgIpc) is 3.18. The molecule has 0 aliphatic carbocycles. The molecule has 4 heterocycles. The van der Waals surface area contributed by atoms with Crippen LogP contribution in [-0.2, 0) is 10.0 Å². The van der Waals surface area contributed by atoms with Crippen molar-refractivity contribution in [1.82, 2.24) is 19.3 Å². The van der Waals surface area contributed by atoms with Gasteiger partial charge in [0, 0.05) is 53.6 Å². The van der Waals surface area contributed by atoms with E-state index in [1.54, 1.807) is 25.4 Å². The van der Waals surface area contributed by atoms with Crippen LogP contribution in [0.1, 0.15) is 38.3 Å². The first-order chi connectivity index (χ1) is 14.6. The number of fused-ring (bicyclic) bond motifs is 1. The van der Waals surface area contributed by atoms with Crippen molar-refractivity contribution in [3.8, 4) is 11.3 Å². The number of nitrogens with zero attached hydrogens (tertiary/aromatic N) is 3. The second-order valence-electron chi connectivity index (χ2n) is 8.34. The maximum atomic E-state index is 13.1. The zero-order valence-corrected chi connectivity index (χ0v) is 19.4. The van der Waals surface area contributed by atoms with Gasteiger partial charge in [-0.15, -0.1) is 0 Å². The van der Waals surface area contributed by atoms with E-state index in [0.29, 0.717) is 24.5 Å². The molecule has 1 aliphatic heterocycles. The number of hydrogen-bond acceptors (Lipinski definition) is 6. The number of H-pyrrole nitrogens is 1. The topological polar surface area (TPSA) is 119 Å². The highest BCUT2D eigenvalue weighted by Gasteiger charge is 2.33. The molecule has 4 rings (SSSR count). The van der Waals surface area contributed by atoms with Gasteiger partial charge >= 0.3 is 0 Å². The van der Waals surface area contributed by atoms with Crippen LogP contribution in [0.4, 0.5) is 0 Å². The molecular formula is C21H28N4O4S2. The Morgan fingerprint density at radius 3 is 2.48 bits per heavy atom. The lowest BCUT2D eigenvalue weighted by atomic mass is 10.1. The van der Waals surface area contributed by atoms with Crippen LogP contribution < -0.4 is 0 Å². The van der Waals surface area contributed by atoms with Gasteiger partial charge in [0.25, 0.3) is 0 Å². The fraction of sp³-hybridized carbons (Fsp3) is 0.429. The Balaban J connectivity index is 1.60. The Hall–Kier alpha value is -1.98. The third kappa shape index (κ3) is 4.35. The molecule has 0 radical (unpaired) electrons. The van der Waals surface area contributed by atoms with Crippen molar-refractivity contribution in [3.63, 3.8) is 0 Å². The number of rotatable bonds is 5. The molecule has 1 fully saturated rings. The monoisotopic (exact) mass is 464 g/mol. The number of sulfonamides is 1. The molecule has 1 aliphatic rings. The van der Waals surface area contributed by atoms with E-state index >= 15 is 0 Å². The van der Waals surface area contributed by atoms with Gasteiger partial charge in [0.05, 0.1) is 5.69 Å². The molecule has 10 heteroatoms. The predicted octanol–water partition coefficient (Wildman–Crippen LogP) is 4.28. The van der Waals surface area contributed by atoms with Crippen LogP contribution in [0.2, 0.25) is 0 Å². The lowest BCUT2D eigenvalue weighted by molar-refractivity contribution is 0.332. The molecule has 0 saturated carbocycles. The molecule has 8 nitrogen and oxygen atoms in total. The summed E-state index contributed by atoms with van der Waals surface area (Å²) in [6.45, 7) is 4.21. The molecular weight excluding hydrogens is 436 g/mol. The van der Waals surface area contributed by atoms with E-state index in [4.69, 9.17) is 0 Å². The quantitative estimate of drug-likeness (QED) is 0.518. The maximum Gasteiger partial charge on any atom is 0.244 e. The maximum absolute atomic E-state index is 13.1. The lowest BCUT2D eigenvalue weighted by Crippen LogP contribution is -2.41. The molecule has 0 spiro atoms. The van der Waals surface area contributed by atoms with Gasteiger partial charge in [-0.1, -0.05) is 13.8 Å².